The molecule has 1 unspecified atom stereocenters. The van der Waals surface area contributed by atoms with Gasteiger partial charge in [0.15, 0.2) is 6.35 Å². The minimum Gasteiger partial charge on any atom is -0.347 e. The topological polar surface area (TPSA) is 33.3 Å². The van der Waals surface area contributed by atoms with Crippen molar-refractivity contribution in [1.82, 2.24) is 10.6 Å². The maximum atomic E-state index is 6.13. The van der Waals surface area contributed by atoms with Crippen molar-refractivity contribution in [1.29, 1.82) is 0 Å². The number of hydrogen-bond donors (Lipinski definition) is 2. The zero-order valence-electron chi connectivity index (χ0n) is 10.0. The van der Waals surface area contributed by atoms with Gasteiger partial charge in [-0.1, -0.05) is 0 Å². The average molecular weight is 247 g/mol. The molecule has 1 saturated carbocycles. The SMILES string of the molecule is CC(Cl)C1CCC(OC2NCCCN2)CC1. The first-order chi connectivity index (χ1) is 7.75. The fourth-order valence-electron chi connectivity index (χ4n) is 2.60. The Kier molecular flexibility index (Phi) is 4.89. The summed E-state index contributed by atoms with van der Waals surface area (Å²) in [4.78, 5) is 0. The van der Waals surface area contributed by atoms with E-state index in [0.717, 1.165) is 25.9 Å². The van der Waals surface area contributed by atoms with Gasteiger partial charge in [0.25, 0.3) is 0 Å². The standard InChI is InChI=1S/C12H23ClN2O/c1-9(13)10-3-5-11(6-4-10)16-12-14-7-2-8-15-12/h9-12,14-15H,2-8H2,1H3. The molecule has 0 aromatic rings. The van der Waals surface area contributed by atoms with Gasteiger partial charge in [-0.15, -0.1) is 11.6 Å². The Morgan fingerprint density at radius 2 is 1.75 bits per heavy atom. The van der Waals surface area contributed by atoms with Crippen LogP contribution >= 0.6 is 11.6 Å². The lowest BCUT2D eigenvalue weighted by Gasteiger charge is -2.34. The fourth-order valence-corrected chi connectivity index (χ4v) is 2.85. The van der Waals surface area contributed by atoms with Crippen molar-refractivity contribution in [3.05, 3.63) is 0 Å². The van der Waals surface area contributed by atoms with E-state index in [9.17, 15) is 0 Å². The largest absolute Gasteiger partial charge is 0.347 e. The maximum absolute atomic E-state index is 6.13. The maximum Gasteiger partial charge on any atom is 0.163 e. The Morgan fingerprint density at radius 3 is 2.31 bits per heavy atom. The summed E-state index contributed by atoms with van der Waals surface area (Å²) >= 11 is 6.13. The van der Waals surface area contributed by atoms with E-state index >= 15 is 0 Å². The van der Waals surface area contributed by atoms with Gasteiger partial charge in [0.05, 0.1) is 6.10 Å². The molecule has 2 fully saturated rings. The van der Waals surface area contributed by atoms with E-state index < -0.39 is 0 Å². The summed E-state index contributed by atoms with van der Waals surface area (Å²) in [7, 11) is 0. The summed E-state index contributed by atoms with van der Waals surface area (Å²) in [6, 6.07) is 0. The van der Waals surface area contributed by atoms with Gasteiger partial charge >= 0.3 is 0 Å². The third-order valence-corrected chi connectivity index (χ3v) is 4.07. The Labute approximate surface area is 103 Å². The number of ether oxygens (including phenoxy) is 1. The molecule has 16 heavy (non-hydrogen) atoms. The van der Waals surface area contributed by atoms with E-state index in [1.54, 1.807) is 0 Å². The average Bonchev–Trinajstić information content (AvgIpc) is 2.31. The minimum absolute atomic E-state index is 0.0729. The summed E-state index contributed by atoms with van der Waals surface area (Å²) in [6.45, 7) is 4.23. The zero-order valence-corrected chi connectivity index (χ0v) is 10.8. The lowest BCUT2D eigenvalue weighted by atomic mass is 9.85. The summed E-state index contributed by atoms with van der Waals surface area (Å²) in [5, 5.41) is 6.99. The predicted molar refractivity (Wildman–Crippen MR) is 66.6 cm³/mol. The summed E-state index contributed by atoms with van der Waals surface area (Å²) in [6.07, 6.45) is 6.40. The second-order valence-corrected chi connectivity index (χ2v) is 5.68. The second kappa shape index (κ2) is 6.20. The molecule has 1 atom stereocenters. The van der Waals surface area contributed by atoms with Gasteiger partial charge in [0.1, 0.15) is 0 Å². The van der Waals surface area contributed by atoms with Crippen LogP contribution in [0, 0.1) is 5.92 Å². The Bertz CT molecular complexity index is 199. The van der Waals surface area contributed by atoms with Crippen molar-refractivity contribution in [3.8, 4) is 0 Å². The summed E-state index contributed by atoms with van der Waals surface area (Å²) in [5.41, 5.74) is 0. The zero-order chi connectivity index (χ0) is 11.4. The van der Waals surface area contributed by atoms with Crippen LogP contribution in [0.2, 0.25) is 0 Å². The van der Waals surface area contributed by atoms with Gasteiger partial charge in [0.2, 0.25) is 0 Å². The molecule has 0 aromatic carbocycles. The van der Waals surface area contributed by atoms with Crippen LogP contribution in [-0.2, 0) is 4.74 Å². The molecule has 2 N–H and O–H groups in total. The van der Waals surface area contributed by atoms with E-state index in [4.69, 9.17) is 16.3 Å². The quantitative estimate of drug-likeness (QED) is 0.748. The molecule has 94 valence electrons. The molecule has 4 heteroatoms. The highest BCUT2D eigenvalue weighted by Gasteiger charge is 2.26. The highest BCUT2D eigenvalue weighted by molar-refractivity contribution is 6.20. The molecular weight excluding hydrogens is 224 g/mol. The van der Waals surface area contributed by atoms with Crippen LogP contribution in [0.25, 0.3) is 0 Å². The summed E-state index contributed by atoms with van der Waals surface area (Å²) < 4.78 is 5.99. The van der Waals surface area contributed by atoms with Gasteiger partial charge in [-0.25, -0.2) is 0 Å². The van der Waals surface area contributed by atoms with Crippen molar-refractivity contribution >= 4 is 11.6 Å². The molecule has 0 bridgehead atoms. The van der Waals surface area contributed by atoms with Crippen LogP contribution in [-0.4, -0.2) is 30.9 Å². The van der Waals surface area contributed by atoms with E-state index in [1.165, 1.54) is 19.3 Å². The second-order valence-electron chi connectivity index (χ2n) is 4.99. The molecule has 2 rings (SSSR count). The lowest BCUT2D eigenvalue weighted by molar-refractivity contribution is -0.0735. The van der Waals surface area contributed by atoms with Crippen LogP contribution in [0.4, 0.5) is 0 Å². The molecular formula is C12H23ClN2O. The molecule has 0 amide bonds. The first-order valence-corrected chi connectivity index (χ1v) is 6.95. The van der Waals surface area contributed by atoms with Crippen molar-refractivity contribution < 1.29 is 4.74 Å². The lowest BCUT2D eigenvalue weighted by Crippen LogP contribution is -2.51. The third kappa shape index (κ3) is 3.59. The van der Waals surface area contributed by atoms with Gasteiger partial charge in [0, 0.05) is 5.38 Å². The first-order valence-electron chi connectivity index (χ1n) is 6.52. The minimum atomic E-state index is 0.0729. The Hall–Kier alpha value is 0.170. The molecule has 0 radical (unpaired) electrons. The number of nitrogens with one attached hydrogen (secondary N) is 2. The van der Waals surface area contributed by atoms with E-state index in [0.29, 0.717) is 17.4 Å². The predicted octanol–water partition coefficient (Wildman–Crippen LogP) is 2.06. The van der Waals surface area contributed by atoms with Gasteiger partial charge in [-0.05, 0) is 58.0 Å². The van der Waals surface area contributed by atoms with Crippen molar-refractivity contribution in [2.75, 3.05) is 13.1 Å². The Morgan fingerprint density at radius 1 is 1.12 bits per heavy atom. The first kappa shape index (κ1) is 12.6. The smallest absolute Gasteiger partial charge is 0.163 e. The number of alkyl halides is 1. The van der Waals surface area contributed by atoms with Crippen molar-refractivity contribution in [2.24, 2.45) is 5.92 Å². The van der Waals surface area contributed by atoms with Crippen LogP contribution in [0.5, 0.6) is 0 Å². The normalized spacial score (nSPS) is 34.9. The highest BCUT2D eigenvalue weighted by Crippen LogP contribution is 2.30. The monoisotopic (exact) mass is 246 g/mol. The molecule has 1 aliphatic carbocycles. The molecule has 1 aliphatic heterocycles. The molecule has 2 aliphatic rings. The Balaban J connectivity index is 1.68. The van der Waals surface area contributed by atoms with E-state index in [-0.39, 0.29) is 6.35 Å². The third-order valence-electron chi connectivity index (χ3n) is 3.71. The van der Waals surface area contributed by atoms with Crippen LogP contribution < -0.4 is 10.6 Å². The molecule has 0 aromatic heterocycles. The molecule has 1 saturated heterocycles. The van der Waals surface area contributed by atoms with Crippen molar-refractivity contribution in [3.63, 3.8) is 0 Å². The highest BCUT2D eigenvalue weighted by atomic mass is 35.5. The summed E-state index contributed by atoms with van der Waals surface area (Å²) in [5.74, 6) is 0.689. The van der Waals surface area contributed by atoms with E-state index in [1.807, 2.05) is 0 Å². The van der Waals surface area contributed by atoms with Gasteiger partial charge in [-0.3, -0.25) is 10.6 Å². The number of halogens is 1. The molecule has 3 nitrogen and oxygen atoms in total. The van der Waals surface area contributed by atoms with Gasteiger partial charge < -0.3 is 4.74 Å². The number of hydrogen-bond acceptors (Lipinski definition) is 3. The molecule has 0 spiro atoms. The van der Waals surface area contributed by atoms with Crippen LogP contribution in [0.15, 0.2) is 0 Å². The number of rotatable bonds is 3. The molecule has 1 heterocycles. The van der Waals surface area contributed by atoms with Crippen LogP contribution in [0.3, 0.4) is 0 Å². The van der Waals surface area contributed by atoms with E-state index in [2.05, 4.69) is 17.6 Å². The van der Waals surface area contributed by atoms with Gasteiger partial charge in [-0.2, -0.15) is 0 Å². The fraction of sp³-hybridized carbons (Fsp3) is 1.00. The van der Waals surface area contributed by atoms with Crippen molar-refractivity contribution in [2.45, 2.75) is 56.9 Å². The van der Waals surface area contributed by atoms with Crippen LogP contribution in [0.1, 0.15) is 39.0 Å².